The van der Waals surface area contributed by atoms with E-state index < -0.39 is 0 Å². The molecule has 0 N–H and O–H groups in total. The second kappa shape index (κ2) is 12.9. The predicted molar refractivity (Wildman–Crippen MR) is 103 cm³/mol. The standard InChI is InChI=1S/C19H36S2/c1-4-7-8-9-10-11-14-17(12-5-2)19-18(13-6-3)20-15-16-21-19/h17H,4-16H2,1-3H3. The summed E-state index contributed by atoms with van der Waals surface area (Å²) in [5.41, 5.74) is 0. The molecule has 1 unspecified atom stereocenters. The van der Waals surface area contributed by atoms with Crippen LogP contribution in [-0.4, -0.2) is 11.5 Å². The van der Waals surface area contributed by atoms with E-state index in [1.165, 1.54) is 82.1 Å². The van der Waals surface area contributed by atoms with Crippen molar-refractivity contribution in [3.05, 3.63) is 9.81 Å². The van der Waals surface area contributed by atoms with E-state index in [1.54, 1.807) is 9.81 Å². The first-order valence-corrected chi connectivity index (χ1v) is 11.3. The van der Waals surface area contributed by atoms with Crippen LogP contribution in [0.2, 0.25) is 0 Å². The highest BCUT2D eigenvalue weighted by molar-refractivity contribution is 8.10. The Labute approximate surface area is 142 Å². The average Bonchev–Trinajstić information content (AvgIpc) is 2.51. The van der Waals surface area contributed by atoms with E-state index in [2.05, 4.69) is 44.3 Å². The molecule has 0 spiro atoms. The maximum Gasteiger partial charge on any atom is 0.00716 e. The Morgan fingerprint density at radius 1 is 0.762 bits per heavy atom. The first-order chi connectivity index (χ1) is 10.3. The van der Waals surface area contributed by atoms with Gasteiger partial charge in [-0.3, -0.25) is 0 Å². The van der Waals surface area contributed by atoms with Gasteiger partial charge in [-0.05, 0) is 35.0 Å². The molecule has 0 aromatic rings. The van der Waals surface area contributed by atoms with Crippen LogP contribution in [0.1, 0.15) is 91.4 Å². The van der Waals surface area contributed by atoms with Gasteiger partial charge in [-0.25, -0.2) is 0 Å². The van der Waals surface area contributed by atoms with E-state index in [-0.39, 0.29) is 0 Å². The number of rotatable bonds is 12. The Balaban J connectivity index is 2.46. The molecule has 0 aromatic heterocycles. The van der Waals surface area contributed by atoms with E-state index in [0.29, 0.717) is 0 Å². The van der Waals surface area contributed by atoms with Crippen LogP contribution in [0.3, 0.4) is 0 Å². The number of unbranched alkanes of at least 4 members (excludes halogenated alkanes) is 5. The molecule has 2 heteroatoms. The summed E-state index contributed by atoms with van der Waals surface area (Å²) in [7, 11) is 0. The summed E-state index contributed by atoms with van der Waals surface area (Å²) in [5.74, 6) is 3.55. The van der Waals surface area contributed by atoms with Crippen LogP contribution < -0.4 is 0 Å². The Morgan fingerprint density at radius 3 is 2.19 bits per heavy atom. The summed E-state index contributed by atoms with van der Waals surface area (Å²) in [4.78, 5) is 3.54. The van der Waals surface area contributed by atoms with E-state index in [4.69, 9.17) is 0 Å². The molecule has 1 atom stereocenters. The highest BCUT2D eigenvalue weighted by Gasteiger charge is 2.21. The molecular formula is C19H36S2. The summed E-state index contributed by atoms with van der Waals surface area (Å²) < 4.78 is 0. The van der Waals surface area contributed by atoms with E-state index in [0.717, 1.165) is 5.92 Å². The van der Waals surface area contributed by atoms with Crippen molar-refractivity contribution < 1.29 is 0 Å². The van der Waals surface area contributed by atoms with Crippen LogP contribution in [0.15, 0.2) is 9.81 Å². The van der Waals surface area contributed by atoms with Gasteiger partial charge in [-0.2, -0.15) is 0 Å². The van der Waals surface area contributed by atoms with Crippen LogP contribution in [-0.2, 0) is 0 Å². The molecule has 1 rings (SSSR count). The molecule has 0 nitrogen and oxygen atoms in total. The second-order valence-electron chi connectivity index (χ2n) is 6.28. The summed E-state index contributed by atoms with van der Waals surface area (Å²) in [6.45, 7) is 6.99. The molecule has 0 aromatic carbocycles. The van der Waals surface area contributed by atoms with Crippen molar-refractivity contribution >= 4 is 23.5 Å². The fourth-order valence-corrected chi connectivity index (χ4v) is 6.04. The van der Waals surface area contributed by atoms with Crippen molar-refractivity contribution in [2.45, 2.75) is 91.4 Å². The normalized spacial score (nSPS) is 17.3. The molecule has 124 valence electrons. The van der Waals surface area contributed by atoms with Crippen LogP contribution in [0.5, 0.6) is 0 Å². The minimum absolute atomic E-state index is 0.875. The Morgan fingerprint density at radius 2 is 1.48 bits per heavy atom. The quantitative estimate of drug-likeness (QED) is 0.337. The summed E-state index contributed by atoms with van der Waals surface area (Å²) in [6, 6.07) is 0. The zero-order valence-corrected chi connectivity index (χ0v) is 16.2. The molecule has 1 aliphatic heterocycles. The van der Waals surface area contributed by atoms with Gasteiger partial charge in [0.05, 0.1) is 0 Å². The Bertz CT molecular complexity index is 283. The Hall–Kier alpha value is 0.440. The molecule has 0 bridgehead atoms. The third-order valence-corrected chi connectivity index (χ3v) is 7.15. The van der Waals surface area contributed by atoms with Gasteiger partial charge in [0, 0.05) is 11.5 Å². The van der Waals surface area contributed by atoms with Gasteiger partial charge in [-0.1, -0.05) is 72.1 Å². The lowest BCUT2D eigenvalue weighted by Crippen LogP contribution is -2.09. The monoisotopic (exact) mass is 328 g/mol. The summed E-state index contributed by atoms with van der Waals surface area (Å²) in [5, 5.41) is 0. The van der Waals surface area contributed by atoms with E-state index in [1.807, 2.05) is 0 Å². The first-order valence-electron chi connectivity index (χ1n) is 9.32. The minimum Gasteiger partial charge on any atom is -0.129 e. The van der Waals surface area contributed by atoms with Crippen LogP contribution in [0.25, 0.3) is 0 Å². The van der Waals surface area contributed by atoms with Gasteiger partial charge in [0.1, 0.15) is 0 Å². The first kappa shape index (κ1) is 19.5. The molecule has 1 heterocycles. The molecule has 0 fully saturated rings. The number of allylic oxidation sites excluding steroid dienone is 2. The number of hydrogen-bond acceptors (Lipinski definition) is 2. The maximum absolute atomic E-state index is 2.36. The van der Waals surface area contributed by atoms with Crippen molar-refractivity contribution in [1.29, 1.82) is 0 Å². The molecule has 0 saturated carbocycles. The summed E-state index contributed by atoms with van der Waals surface area (Å²) >= 11 is 4.35. The van der Waals surface area contributed by atoms with Crippen LogP contribution in [0, 0.1) is 5.92 Å². The molecule has 1 aliphatic rings. The topological polar surface area (TPSA) is 0 Å². The fourth-order valence-electron chi connectivity index (χ4n) is 3.16. The second-order valence-corrected chi connectivity index (χ2v) is 8.60. The van der Waals surface area contributed by atoms with Gasteiger partial charge < -0.3 is 0 Å². The smallest absolute Gasteiger partial charge is 0.00716 e. The van der Waals surface area contributed by atoms with Crippen molar-refractivity contribution in [1.82, 2.24) is 0 Å². The zero-order valence-electron chi connectivity index (χ0n) is 14.6. The van der Waals surface area contributed by atoms with Crippen molar-refractivity contribution in [2.24, 2.45) is 5.92 Å². The van der Waals surface area contributed by atoms with Gasteiger partial charge in [-0.15, -0.1) is 23.5 Å². The largest absolute Gasteiger partial charge is 0.129 e. The van der Waals surface area contributed by atoms with Gasteiger partial charge in [0.15, 0.2) is 0 Å². The minimum atomic E-state index is 0.875. The lowest BCUT2D eigenvalue weighted by atomic mass is 9.94. The highest BCUT2D eigenvalue weighted by atomic mass is 32.2. The molecule has 0 saturated heterocycles. The fraction of sp³-hybridized carbons (Fsp3) is 0.895. The molecule has 0 radical (unpaired) electrons. The maximum atomic E-state index is 2.36. The number of hydrogen-bond donors (Lipinski definition) is 0. The molecular weight excluding hydrogens is 292 g/mol. The molecule has 0 aliphatic carbocycles. The van der Waals surface area contributed by atoms with E-state index >= 15 is 0 Å². The highest BCUT2D eigenvalue weighted by Crippen LogP contribution is 2.43. The third-order valence-electron chi connectivity index (χ3n) is 4.28. The average molecular weight is 329 g/mol. The SMILES string of the molecule is CCCCCCCCC(CCC)C1=C(CCC)SCCS1. The van der Waals surface area contributed by atoms with Gasteiger partial charge >= 0.3 is 0 Å². The van der Waals surface area contributed by atoms with Crippen molar-refractivity contribution in [3.8, 4) is 0 Å². The van der Waals surface area contributed by atoms with Gasteiger partial charge in [0.2, 0.25) is 0 Å². The predicted octanol–water partition coefficient (Wildman–Crippen LogP) is 7.65. The van der Waals surface area contributed by atoms with Gasteiger partial charge in [0.25, 0.3) is 0 Å². The van der Waals surface area contributed by atoms with Crippen LogP contribution >= 0.6 is 23.5 Å². The lowest BCUT2D eigenvalue weighted by molar-refractivity contribution is 0.483. The summed E-state index contributed by atoms with van der Waals surface area (Å²) in [6.07, 6.45) is 15.4. The number of thioether (sulfide) groups is 2. The van der Waals surface area contributed by atoms with Crippen LogP contribution in [0.4, 0.5) is 0 Å². The molecule has 21 heavy (non-hydrogen) atoms. The van der Waals surface area contributed by atoms with Crippen molar-refractivity contribution in [3.63, 3.8) is 0 Å². The van der Waals surface area contributed by atoms with E-state index in [9.17, 15) is 0 Å². The lowest BCUT2D eigenvalue weighted by Gasteiger charge is -2.26. The molecule has 0 amide bonds. The zero-order chi connectivity index (χ0) is 15.3. The Kier molecular flexibility index (Phi) is 12.0. The van der Waals surface area contributed by atoms with Crippen molar-refractivity contribution in [2.75, 3.05) is 11.5 Å². The third kappa shape index (κ3) is 8.02.